The van der Waals surface area contributed by atoms with Crippen molar-refractivity contribution in [3.8, 4) is 17.6 Å². The average Bonchev–Trinajstić information content (AvgIpc) is 3.45. The third kappa shape index (κ3) is 3.92. The zero-order valence-corrected chi connectivity index (χ0v) is 18.5. The van der Waals surface area contributed by atoms with Crippen LogP contribution in [-0.2, 0) is 18.3 Å². The molecule has 0 bridgehead atoms. The fraction of sp³-hybridized carbons (Fsp3) is 0.318. The minimum absolute atomic E-state index is 0.351. The van der Waals surface area contributed by atoms with Crippen LogP contribution in [0.1, 0.15) is 5.69 Å². The van der Waals surface area contributed by atoms with Crippen molar-refractivity contribution in [3.05, 3.63) is 36.3 Å². The molecular formula is C22H24N10O. The van der Waals surface area contributed by atoms with Crippen LogP contribution in [0.2, 0.25) is 0 Å². The highest BCUT2D eigenvalue weighted by molar-refractivity contribution is 6.07. The Bertz CT molecular complexity index is 1370. The van der Waals surface area contributed by atoms with E-state index in [1.807, 2.05) is 48.0 Å². The highest BCUT2D eigenvalue weighted by Crippen LogP contribution is 2.31. The predicted molar refractivity (Wildman–Crippen MR) is 125 cm³/mol. The molecule has 4 aromatic heterocycles. The largest absolute Gasteiger partial charge is 0.378 e. The molecule has 0 radical (unpaired) electrons. The van der Waals surface area contributed by atoms with Gasteiger partial charge in [-0.05, 0) is 18.2 Å². The average molecular weight is 445 g/mol. The van der Waals surface area contributed by atoms with Crippen molar-refractivity contribution < 1.29 is 4.74 Å². The number of aromatic amines is 1. The zero-order valence-electron chi connectivity index (χ0n) is 18.5. The van der Waals surface area contributed by atoms with Gasteiger partial charge in [-0.25, -0.2) is 19.9 Å². The summed E-state index contributed by atoms with van der Waals surface area (Å²) in [6, 6.07) is 7.89. The number of imidazole rings is 1. The van der Waals surface area contributed by atoms with E-state index in [2.05, 4.69) is 36.6 Å². The van der Waals surface area contributed by atoms with Crippen LogP contribution < -0.4 is 10.6 Å². The Labute approximate surface area is 190 Å². The number of pyridine rings is 2. The maximum atomic E-state index is 9.11. The van der Waals surface area contributed by atoms with Gasteiger partial charge in [0.1, 0.15) is 11.2 Å². The predicted octanol–water partition coefficient (Wildman–Crippen LogP) is 1.81. The molecule has 0 amide bonds. The number of aryl methyl sites for hydroxylation is 1. The fourth-order valence-corrected chi connectivity index (χ4v) is 4.03. The second kappa shape index (κ2) is 8.76. The molecule has 0 atom stereocenters. The molecule has 4 aromatic rings. The van der Waals surface area contributed by atoms with E-state index in [1.54, 1.807) is 6.33 Å². The number of ether oxygens (including phenoxy) is 1. The summed E-state index contributed by atoms with van der Waals surface area (Å²) < 4.78 is 7.38. The monoisotopic (exact) mass is 444 g/mol. The number of hydrogen-bond donors (Lipinski definition) is 3. The molecule has 1 saturated heterocycles. The number of morpholine rings is 1. The van der Waals surface area contributed by atoms with Crippen LogP contribution in [0.4, 0.5) is 5.82 Å². The van der Waals surface area contributed by atoms with Crippen LogP contribution in [0, 0.1) is 11.5 Å². The van der Waals surface area contributed by atoms with Crippen LogP contribution in [0.3, 0.4) is 0 Å². The van der Waals surface area contributed by atoms with Crippen molar-refractivity contribution in [3.63, 3.8) is 0 Å². The van der Waals surface area contributed by atoms with Crippen LogP contribution >= 0.6 is 0 Å². The molecule has 5 rings (SSSR count). The van der Waals surface area contributed by atoms with Crippen LogP contribution in [0.15, 0.2) is 35.6 Å². The molecule has 0 aromatic carbocycles. The van der Waals surface area contributed by atoms with Gasteiger partial charge < -0.3 is 24.5 Å². The molecule has 33 heavy (non-hydrogen) atoms. The van der Waals surface area contributed by atoms with E-state index < -0.39 is 0 Å². The summed E-state index contributed by atoms with van der Waals surface area (Å²) in [5.41, 5.74) is 5.06. The maximum Gasteiger partial charge on any atom is 0.207 e. The lowest BCUT2D eigenvalue weighted by Gasteiger charge is -2.28. The quantitative estimate of drug-likeness (QED) is 0.188. The normalized spacial score (nSPS) is 14.6. The van der Waals surface area contributed by atoms with Gasteiger partial charge in [-0.2, -0.15) is 5.26 Å². The Balaban J connectivity index is 1.47. The van der Waals surface area contributed by atoms with Crippen LogP contribution in [0.5, 0.6) is 0 Å². The number of hydrogen-bond acceptors (Lipinski definition) is 7. The van der Waals surface area contributed by atoms with Gasteiger partial charge in [-0.1, -0.05) is 6.07 Å². The lowest BCUT2D eigenvalue weighted by Crippen LogP contribution is -2.46. The molecule has 1 fully saturated rings. The SMILES string of the molecule is CNc1nc2[nH]c(-c3cccc(CN=C(NC#N)N4CCOCC4)n3)cc2c2c1ncn2C. The number of fused-ring (bicyclic) bond motifs is 3. The number of guanidine groups is 1. The Morgan fingerprint density at radius 1 is 1.30 bits per heavy atom. The molecule has 0 spiro atoms. The number of aliphatic imine (C=N–C) groups is 1. The van der Waals surface area contributed by atoms with Crippen molar-refractivity contribution in [2.45, 2.75) is 6.54 Å². The summed E-state index contributed by atoms with van der Waals surface area (Å²) in [6.45, 7) is 2.98. The van der Waals surface area contributed by atoms with E-state index in [-0.39, 0.29) is 0 Å². The highest BCUT2D eigenvalue weighted by Gasteiger charge is 2.17. The van der Waals surface area contributed by atoms with Gasteiger partial charge in [0, 0.05) is 32.6 Å². The third-order valence-corrected chi connectivity index (χ3v) is 5.63. The highest BCUT2D eigenvalue weighted by atomic mass is 16.5. The molecule has 3 N–H and O–H groups in total. The van der Waals surface area contributed by atoms with E-state index in [0.29, 0.717) is 38.8 Å². The van der Waals surface area contributed by atoms with E-state index in [1.165, 1.54) is 0 Å². The van der Waals surface area contributed by atoms with Crippen LogP contribution in [-0.4, -0.2) is 68.7 Å². The Kier molecular flexibility index (Phi) is 5.50. The lowest BCUT2D eigenvalue weighted by molar-refractivity contribution is 0.0668. The summed E-state index contributed by atoms with van der Waals surface area (Å²) >= 11 is 0. The number of nitrogens with zero attached hydrogens (tertiary/aromatic N) is 7. The third-order valence-electron chi connectivity index (χ3n) is 5.63. The molecule has 5 heterocycles. The Hall–Kier alpha value is -4.17. The second-order valence-electron chi connectivity index (χ2n) is 7.70. The standard InChI is InChI=1S/C22H24N10O/c1-24-21-18-19(31(2)13-27-18)15-10-17(29-20(15)30-21)16-5-3-4-14(28-16)11-25-22(26-12-23)32-6-8-33-9-7-32/h3-5,10,13H,6-9,11H2,1-2H3,(H,25,26)(H2,24,29,30). The van der Waals surface area contributed by atoms with E-state index >= 15 is 0 Å². The van der Waals surface area contributed by atoms with E-state index in [4.69, 9.17) is 15.0 Å². The zero-order chi connectivity index (χ0) is 22.8. The molecule has 11 nitrogen and oxygen atoms in total. The first kappa shape index (κ1) is 20.7. The fourth-order valence-electron chi connectivity index (χ4n) is 4.03. The molecule has 1 aliphatic heterocycles. The Morgan fingerprint density at radius 3 is 2.94 bits per heavy atom. The number of aromatic nitrogens is 5. The van der Waals surface area contributed by atoms with Crippen molar-refractivity contribution >= 4 is 33.8 Å². The minimum atomic E-state index is 0.351. The first-order valence-electron chi connectivity index (χ1n) is 10.7. The summed E-state index contributed by atoms with van der Waals surface area (Å²) in [5.74, 6) is 1.27. The molecule has 0 aliphatic carbocycles. The summed E-state index contributed by atoms with van der Waals surface area (Å²) in [7, 11) is 3.81. The molecular weight excluding hydrogens is 420 g/mol. The van der Waals surface area contributed by atoms with Gasteiger partial charge in [0.05, 0.1) is 48.7 Å². The lowest BCUT2D eigenvalue weighted by atomic mass is 10.2. The smallest absolute Gasteiger partial charge is 0.207 e. The minimum Gasteiger partial charge on any atom is -0.378 e. The maximum absolute atomic E-state index is 9.11. The van der Waals surface area contributed by atoms with Crippen molar-refractivity contribution in [1.82, 2.24) is 34.7 Å². The summed E-state index contributed by atoms with van der Waals surface area (Å²) in [4.78, 5) is 24.0. The van der Waals surface area contributed by atoms with E-state index in [9.17, 15) is 0 Å². The second-order valence-corrected chi connectivity index (χ2v) is 7.70. The molecule has 0 saturated carbocycles. The number of anilines is 1. The van der Waals surface area contributed by atoms with Crippen molar-refractivity contribution in [1.29, 1.82) is 5.26 Å². The van der Waals surface area contributed by atoms with E-state index in [0.717, 1.165) is 45.0 Å². The van der Waals surface area contributed by atoms with Crippen molar-refractivity contribution in [2.24, 2.45) is 12.0 Å². The first-order chi connectivity index (χ1) is 16.2. The topological polar surface area (TPSA) is 132 Å². The van der Waals surface area contributed by atoms with Gasteiger partial charge in [-0.15, -0.1) is 0 Å². The number of nitriles is 1. The number of H-pyrrole nitrogens is 1. The summed E-state index contributed by atoms with van der Waals surface area (Å²) in [6.07, 6.45) is 3.76. The van der Waals surface area contributed by atoms with Gasteiger partial charge in [0.25, 0.3) is 0 Å². The molecule has 0 unspecified atom stereocenters. The Morgan fingerprint density at radius 2 is 2.15 bits per heavy atom. The first-order valence-corrected chi connectivity index (χ1v) is 10.7. The van der Waals surface area contributed by atoms with Crippen molar-refractivity contribution in [2.75, 3.05) is 38.7 Å². The molecule has 168 valence electrons. The van der Waals surface area contributed by atoms with Gasteiger partial charge in [0.15, 0.2) is 12.0 Å². The van der Waals surface area contributed by atoms with Gasteiger partial charge >= 0.3 is 0 Å². The van der Waals surface area contributed by atoms with Crippen LogP contribution in [0.25, 0.3) is 33.5 Å². The van der Waals surface area contributed by atoms with Gasteiger partial charge in [-0.3, -0.25) is 5.32 Å². The van der Waals surface area contributed by atoms with Gasteiger partial charge in [0.2, 0.25) is 5.96 Å². The molecule has 1 aliphatic rings. The molecule has 11 heteroatoms. The number of rotatable bonds is 4. The number of nitrogens with one attached hydrogen (secondary N) is 3. The summed E-state index contributed by atoms with van der Waals surface area (Å²) in [5, 5.41) is 15.9.